The number of nitrogens with one attached hydrogen (secondary N) is 2. The number of amides is 1. The van der Waals surface area contributed by atoms with Crippen molar-refractivity contribution < 1.29 is 19.4 Å². The fraction of sp³-hybridized carbons (Fsp3) is 0.545. The van der Waals surface area contributed by atoms with Crippen LogP contribution < -0.4 is 5.32 Å². The van der Waals surface area contributed by atoms with E-state index in [2.05, 4.69) is 15.3 Å². The molecule has 0 fully saturated rings. The van der Waals surface area contributed by atoms with Crippen molar-refractivity contribution >= 4 is 12.1 Å². The van der Waals surface area contributed by atoms with Gasteiger partial charge in [-0.2, -0.15) is 0 Å². The maximum atomic E-state index is 11.6. The Bertz CT molecular complexity index is 408. The Labute approximate surface area is 105 Å². The molecule has 18 heavy (non-hydrogen) atoms. The van der Waals surface area contributed by atoms with Gasteiger partial charge in [0, 0.05) is 0 Å². The van der Waals surface area contributed by atoms with E-state index in [4.69, 9.17) is 9.84 Å². The van der Waals surface area contributed by atoms with Crippen LogP contribution in [0.4, 0.5) is 4.79 Å². The number of nitrogens with zero attached hydrogens (tertiary/aromatic N) is 1. The Kier molecular flexibility index (Phi) is 4.30. The number of H-pyrrole nitrogens is 1. The summed E-state index contributed by atoms with van der Waals surface area (Å²) in [5.74, 6) is -1.02. The summed E-state index contributed by atoms with van der Waals surface area (Å²) < 4.78 is 5.07. The lowest BCUT2D eigenvalue weighted by Gasteiger charge is -2.22. The minimum Gasteiger partial charge on any atom is -0.481 e. The molecule has 0 aliphatic heterocycles. The normalized spacial score (nSPS) is 12.8. The second-order valence-electron chi connectivity index (χ2n) is 4.80. The first-order valence-corrected chi connectivity index (χ1v) is 5.47. The fourth-order valence-electron chi connectivity index (χ4n) is 1.32. The molecule has 0 saturated heterocycles. The fourth-order valence-corrected chi connectivity index (χ4v) is 1.32. The number of rotatable bonds is 4. The first-order chi connectivity index (χ1) is 8.28. The molecule has 3 N–H and O–H groups in total. The number of carboxylic acids is 1. The van der Waals surface area contributed by atoms with E-state index in [1.165, 1.54) is 12.5 Å². The summed E-state index contributed by atoms with van der Waals surface area (Å²) in [5.41, 5.74) is -0.116. The highest BCUT2D eigenvalue weighted by Gasteiger charge is 2.23. The van der Waals surface area contributed by atoms with E-state index in [0.717, 1.165) is 0 Å². The minimum atomic E-state index is -1.02. The van der Waals surface area contributed by atoms with E-state index in [0.29, 0.717) is 5.69 Å². The van der Waals surface area contributed by atoms with Gasteiger partial charge in [0.05, 0.1) is 30.7 Å². The zero-order valence-corrected chi connectivity index (χ0v) is 10.6. The van der Waals surface area contributed by atoms with Crippen molar-refractivity contribution in [3.05, 3.63) is 18.2 Å². The molecule has 0 saturated carbocycles. The van der Waals surface area contributed by atoms with Crippen molar-refractivity contribution in [2.24, 2.45) is 0 Å². The molecule has 7 nitrogen and oxygen atoms in total. The molecule has 0 aromatic carbocycles. The lowest BCUT2D eigenvalue weighted by molar-refractivity contribution is -0.137. The van der Waals surface area contributed by atoms with Gasteiger partial charge in [-0.25, -0.2) is 9.78 Å². The summed E-state index contributed by atoms with van der Waals surface area (Å²) >= 11 is 0. The zero-order valence-electron chi connectivity index (χ0n) is 10.6. The second-order valence-corrected chi connectivity index (χ2v) is 4.80. The van der Waals surface area contributed by atoms with Gasteiger partial charge in [0.25, 0.3) is 0 Å². The SMILES string of the molecule is CC(C)(C)OC(=O)N[C@@H](CC(=O)O)c1cnc[nH]1. The molecule has 0 bridgehead atoms. The van der Waals surface area contributed by atoms with Crippen LogP contribution in [0, 0.1) is 0 Å². The van der Waals surface area contributed by atoms with Crippen molar-refractivity contribution in [2.45, 2.75) is 38.8 Å². The topological polar surface area (TPSA) is 104 Å². The summed E-state index contributed by atoms with van der Waals surface area (Å²) in [7, 11) is 0. The van der Waals surface area contributed by atoms with Gasteiger partial charge in [-0.15, -0.1) is 0 Å². The Morgan fingerprint density at radius 2 is 2.22 bits per heavy atom. The highest BCUT2D eigenvalue weighted by molar-refractivity contribution is 5.71. The Balaban J connectivity index is 2.68. The van der Waals surface area contributed by atoms with Crippen molar-refractivity contribution in [1.82, 2.24) is 15.3 Å². The van der Waals surface area contributed by atoms with Crippen molar-refractivity contribution in [3.63, 3.8) is 0 Å². The van der Waals surface area contributed by atoms with Gasteiger partial charge >= 0.3 is 12.1 Å². The summed E-state index contributed by atoms with van der Waals surface area (Å²) in [4.78, 5) is 28.9. The lowest BCUT2D eigenvalue weighted by Crippen LogP contribution is -2.35. The van der Waals surface area contributed by atoms with Crippen molar-refractivity contribution in [1.29, 1.82) is 0 Å². The lowest BCUT2D eigenvalue weighted by atomic mass is 10.1. The molecular weight excluding hydrogens is 238 g/mol. The average Bonchev–Trinajstić information content (AvgIpc) is 2.64. The molecule has 0 aliphatic carbocycles. The molecule has 0 spiro atoms. The summed E-state index contributed by atoms with van der Waals surface area (Å²) in [6.07, 6.45) is 1.97. The zero-order chi connectivity index (χ0) is 13.8. The highest BCUT2D eigenvalue weighted by atomic mass is 16.6. The van der Waals surface area contributed by atoms with Crippen LogP contribution >= 0.6 is 0 Å². The molecule has 7 heteroatoms. The van der Waals surface area contributed by atoms with Crippen LogP contribution in [0.3, 0.4) is 0 Å². The molecule has 1 amide bonds. The van der Waals surface area contributed by atoms with Crippen LogP contribution in [0.5, 0.6) is 0 Å². The smallest absolute Gasteiger partial charge is 0.408 e. The minimum absolute atomic E-state index is 0.249. The first-order valence-electron chi connectivity index (χ1n) is 5.47. The maximum absolute atomic E-state index is 11.6. The Morgan fingerprint density at radius 3 is 2.67 bits per heavy atom. The molecule has 0 radical (unpaired) electrons. The van der Waals surface area contributed by atoms with E-state index < -0.39 is 23.7 Å². The van der Waals surface area contributed by atoms with E-state index in [-0.39, 0.29) is 6.42 Å². The number of hydrogen-bond donors (Lipinski definition) is 3. The van der Waals surface area contributed by atoms with Crippen molar-refractivity contribution in [2.75, 3.05) is 0 Å². The maximum Gasteiger partial charge on any atom is 0.408 e. The predicted octanol–water partition coefficient (Wildman–Crippen LogP) is 1.45. The summed E-state index contributed by atoms with van der Waals surface area (Å²) in [5, 5.41) is 11.3. The second kappa shape index (κ2) is 5.52. The summed E-state index contributed by atoms with van der Waals surface area (Å²) in [6, 6.07) is -0.695. The number of imidazole rings is 1. The number of ether oxygens (including phenoxy) is 1. The molecule has 0 aliphatic rings. The van der Waals surface area contributed by atoms with E-state index in [1.54, 1.807) is 20.8 Å². The quantitative estimate of drug-likeness (QED) is 0.755. The molecule has 1 heterocycles. The molecule has 1 atom stereocenters. The highest BCUT2D eigenvalue weighted by Crippen LogP contribution is 2.15. The number of aromatic nitrogens is 2. The number of aliphatic carboxylic acids is 1. The number of hydrogen-bond acceptors (Lipinski definition) is 4. The van der Waals surface area contributed by atoms with Crippen LogP contribution in [-0.4, -0.2) is 32.7 Å². The number of carboxylic acid groups (broad SMARTS) is 1. The van der Waals surface area contributed by atoms with E-state index >= 15 is 0 Å². The molecule has 1 aromatic rings. The molecule has 0 unspecified atom stereocenters. The largest absolute Gasteiger partial charge is 0.481 e. The third-order valence-electron chi connectivity index (χ3n) is 1.96. The van der Waals surface area contributed by atoms with Crippen LogP contribution in [0.2, 0.25) is 0 Å². The molecule has 100 valence electrons. The average molecular weight is 255 g/mol. The van der Waals surface area contributed by atoms with Crippen LogP contribution in [0.25, 0.3) is 0 Å². The van der Waals surface area contributed by atoms with Gasteiger partial charge in [-0.1, -0.05) is 0 Å². The van der Waals surface area contributed by atoms with E-state index in [1.807, 2.05) is 0 Å². The molecule has 1 aromatic heterocycles. The van der Waals surface area contributed by atoms with Gasteiger partial charge in [0.15, 0.2) is 0 Å². The van der Waals surface area contributed by atoms with Gasteiger partial charge in [-0.3, -0.25) is 4.79 Å². The predicted molar refractivity (Wildman–Crippen MR) is 63.0 cm³/mol. The van der Waals surface area contributed by atoms with Gasteiger partial charge < -0.3 is 20.1 Å². The third kappa shape index (κ3) is 4.86. The number of alkyl carbamates (subject to hydrolysis) is 1. The standard InChI is InChI=1S/C11H17N3O4/c1-11(2,3)18-10(17)14-7(4-9(15)16)8-5-12-6-13-8/h5-7H,4H2,1-3H3,(H,12,13)(H,14,17)(H,15,16)/t7-/m0/s1. The summed E-state index contributed by atoms with van der Waals surface area (Å²) in [6.45, 7) is 5.19. The number of carbonyl (C=O) groups is 2. The van der Waals surface area contributed by atoms with Gasteiger partial charge in [0.1, 0.15) is 5.60 Å². The van der Waals surface area contributed by atoms with Crippen LogP contribution in [0.1, 0.15) is 38.9 Å². The molecular formula is C11H17N3O4. The van der Waals surface area contributed by atoms with Gasteiger partial charge in [-0.05, 0) is 20.8 Å². The monoisotopic (exact) mass is 255 g/mol. The number of carbonyl (C=O) groups excluding carboxylic acids is 1. The number of aromatic amines is 1. The van der Waals surface area contributed by atoms with Gasteiger partial charge in [0.2, 0.25) is 0 Å². The molecule has 1 rings (SSSR count). The van der Waals surface area contributed by atoms with Crippen LogP contribution in [-0.2, 0) is 9.53 Å². The third-order valence-corrected chi connectivity index (χ3v) is 1.96. The van der Waals surface area contributed by atoms with Crippen molar-refractivity contribution in [3.8, 4) is 0 Å². The first kappa shape index (κ1) is 14.0. The van der Waals surface area contributed by atoms with Crippen LogP contribution in [0.15, 0.2) is 12.5 Å². The van der Waals surface area contributed by atoms with E-state index in [9.17, 15) is 9.59 Å². The Hall–Kier alpha value is -2.05. The Morgan fingerprint density at radius 1 is 1.56 bits per heavy atom.